The molecule has 0 atom stereocenters. The van der Waals surface area contributed by atoms with Gasteiger partial charge in [0, 0.05) is 26.2 Å². The highest BCUT2D eigenvalue weighted by atomic mass is 16.2. The monoisotopic (exact) mass is 213 g/mol. The van der Waals surface area contributed by atoms with E-state index in [2.05, 4.69) is 5.32 Å². The predicted molar refractivity (Wildman–Crippen MR) is 57.5 cm³/mol. The average Bonchev–Trinajstić information content (AvgIpc) is 2.23. The molecule has 0 spiro atoms. The summed E-state index contributed by atoms with van der Waals surface area (Å²) >= 11 is 0. The van der Waals surface area contributed by atoms with Crippen molar-refractivity contribution in [1.82, 2.24) is 15.1 Å². The molecule has 3 amide bonds. The Bertz CT molecular complexity index is 239. The Morgan fingerprint density at radius 3 is 2.67 bits per heavy atom. The fourth-order valence-corrected chi connectivity index (χ4v) is 1.67. The standard InChI is InChI=1S/C10H19N3O2/c1-3-12(4-2)9(14)8-13-7-5-6-11-10(13)15/h3-8H2,1-2H3,(H,11,15). The zero-order valence-corrected chi connectivity index (χ0v) is 9.45. The third-order valence-corrected chi connectivity index (χ3v) is 2.61. The van der Waals surface area contributed by atoms with Gasteiger partial charge in [0.1, 0.15) is 6.54 Å². The summed E-state index contributed by atoms with van der Waals surface area (Å²) in [4.78, 5) is 26.4. The van der Waals surface area contributed by atoms with Crippen molar-refractivity contribution in [2.45, 2.75) is 20.3 Å². The van der Waals surface area contributed by atoms with Crippen LogP contribution >= 0.6 is 0 Å². The van der Waals surface area contributed by atoms with Crippen LogP contribution in [0.1, 0.15) is 20.3 Å². The summed E-state index contributed by atoms with van der Waals surface area (Å²) in [6.45, 7) is 6.88. The summed E-state index contributed by atoms with van der Waals surface area (Å²) in [5, 5.41) is 2.73. The molecule has 5 nitrogen and oxygen atoms in total. The second-order valence-electron chi connectivity index (χ2n) is 3.57. The van der Waals surface area contributed by atoms with Crippen molar-refractivity contribution < 1.29 is 9.59 Å². The van der Waals surface area contributed by atoms with Crippen molar-refractivity contribution >= 4 is 11.9 Å². The number of rotatable bonds is 4. The van der Waals surface area contributed by atoms with Crippen LogP contribution in [0.2, 0.25) is 0 Å². The number of likely N-dealkylation sites (N-methyl/N-ethyl adjacent to an activating group) is 1. The zero-order valence-electron chi connectivity index (χ0n) is 9.45. The van der Waals surface area contributed by atoms with E-state index in [1.165, 1.54) is 0 Å². The minimum atomic E-state index is -0.123. The first kappa shape index (κ1) is 11.8. The Kier molecular flexibility index (Phi) is 4.39. The van der Waals surface area contributed by atoms with Crippen LogP contribution in [-0.4, -0.2) is 54.5 Å². The number of urea groups is 1. The molecule has 86 valence electrons. The lowest BCUT2D eigenvalue weighted by atomic mass is 10.3. The maximum absolute atomic E-state index is 11.7. The molecule has 0 aliphatic carbocycles. The minimum Gasteiger partial charge on any atom is -0.342 e. The highest BCUT2D eigenvalue weighted by Gasteiger charge is 2.21. The molecule has 1 saturated heterocycles. The van der Waals surface area contributed by atoms with E-state index in [1.54, 1.807) is 9.80 Å². The zero-order chi connectivity index (χ0) is 11.3. The van der Waals surface area contributed by atoms with E-state index in [1.807, 2.05) is 13.8 Å². The fraction of sp³-hybridized carbons (Fsp3) is 0.800. The van der Waals surface area contributed by atoms with Crippen LogP contribution in [0.15, 0.2) is 0 Å². The van der Waals surface area contributed by atoms with Gasteiger partial charge in [-0.05, 0) is 20.3 Å². The number of hydrogen-bond acceptors (Lipinski definition) is 2. The molecule has 1 fully saturated rings. The molecule has 0 saturated carbocycles. The number of hydrogen-bond donors (Lipinski definition) is 1. The minimum absolute atomic E-state index is 0.0250. The van der Waals surface area contributed by atoms with E-state index in [4.69, 9.17) is 0 Å². The largest absolute Gasteiger partial charge is 0.342 e. The van der Waals surface area contributed by atoms with Gasteiger partial charge in [-0.25, -0.2) is 4.79 Å². The van der Waals surface area contributed by atoms with Crippen molar-refractivity contribution in [3.63, 3.8) is 0 Å². The maximum atomic E-state index is 11.7. The smallest absolute Gasteiger partial charge is 0.317 e. The summed E-state index contributed by atoms with van der Waals surface area (Å²) in [6.07, 6.45) is 0.914. The molecule has 1 aliphatic heterocycles. The summed E-state index contributed by atoms with van der Waals surface area (Å²) in [6, 6.07) is -0.123. The first-order chi connectivity index (χ1) is 7.19. The SMILES string of the molecule is CCN(CC)C(=O)CN1CCCNC1=O. The summed E-state index contributed by atoms with van der Waals surface area (Å²) in [5.41, 5.74) is 0. The molecular formula is C10H19N3O2. The average molecular weight is 213 g/mol. The topological polar surface area (TPSA) is 52.7 Å². The summed E-state index contributed by atoms with van der Waals surface area (Å²) in [5.74, 6) is 0.0250. The second kappa shape index (κ2) is 5.58. The molecule has 1 rings (SSSR count). The van der Waals surface area contributed by atoms with Crippen LogP contribution in [0.3, 0.4) is 0 Å². The van der Waals surface area contributed by atoms with Gasteiger partial charge in [0.2, 0.25) is 5.91 Å². The number of carbonyl (C=O) groups is 2. The van der Waals surface area contributed by atoms with Crippen LogP contribution in [0.25, 0.3) is 0 Å². The number of nitrogens with one attached hydrogen (secondary N) is 1. The van der Waals surface area contributed by atoms with E-state index in [0.29, 0.717) is 19.6 Å². The van der Waals surface area contributed by atoms with Gasteiger partial charge in [-0.15, -0.1) is 0 Å². The summed E-state index contributed by atoms with van der Waals surface area (Å²) in [7, 11) is 0. The number of carbonyl (C=O) groups excluding carboxylic acids is 2. The third-order valence-electron chi connectivity index (χ3n) is 2.61. The van der Waals surface area contributed by atoms with E-state index in [0.717, 1.165) is 13.0 Å². The lowest BCUT2D eigenvalue weighted by Crippen LogP contribution is -2.50. The normalized spacial score (nSPS) is 16.1. The second-order valence-corrected chi connectivity index (χ2v) is 3.57. The molecule has 0 aromatic carbocycles. The van der Waals surface area contributed by atoms with Gasteiger partial charge in [-0.1, -0.05) is 0 Å². The molecule has 0 aromatic heterocycles. The third kappa shape index (κ3) is 3.11. The molecule has 0 unspecified atom stereocenters. The van der Waals surface area contributed by atoms with Crippen molar-refractivity contribution in [2.75, 3.05) is 32.7 Å². The molecule has 1 aliphatic rings. The van der Waals surface area contributed by atoms with E-state index >= 15 is 0 Å². The number of amides is 3. The number of nitrogens with zero attached hydrogens (tertiary/aromatic N) is 2. The molecule has 5 heteroatoms. The Hall–Kier alpha value is -1.26. The Labute approximate surface area is 90.4 Å². The highest BCUT2D eigenvalue weighted by Crippen LogP contribution is 2.00. The molecule has 0 radical (unpaired) electrons. The molecule has 1 heterocycles. The van der Waals surface area contributed by atoms with Gasteiger partial charge < -0.3 is 15.1 Å². The quantitative estimate of drug-likeness (QED) is 0.728. The van der Waals surface area contributed by atoms with E-state index in [-0.39, 0.29) is 18.5 Å². The van der Waals surface area contributed by atoms with Crippen LogP contribution in [0, 0.1) is 0 Å². The molecule has 15 heavy (non-hydrogen) atoms. The van der Waals surface area contributed by atoms with Gasteiger partial charge in [0.25, 0.3) is 0 Å². The first-order valence-electron chi connectivity index (χ1n) is 5.49. The van der Waals surface area contributed by atoms with Crippen molar-refractivity contribution in [3.05, 3.63) is 0 Å². The van der Waals surface area contributed by atoms with Gasteiger partial charge in [0.15, 0.2) is 0 Å². The predicted octanol–water partition coefficient (Wildman–Crippen LogP) is 0.270. The lowest BCUT2D eigenvalue weighted by molar-refractivity contribution is -0.131. The Balaban J connectivity index is 2.45. The Morgan fingerprint density at radius 2 is 2.13 bits per heavy atom. The molecule has 1 N–H and O–H groups in total. The van der Waals surface area contributed by atoms with E-state index in [9.17, 15) is 9.59 Å². The van der Waals surface area contributed by atoms with Crippen LogP contribution < -0.4 is 5.32 Å². The molecule has 0 bridgehead atoms. The maximum Gasteiger partial charge on any atom is 0.317 e. The first-order valence-corrected chi connectivity index (χ1v) is 5.49. The van der Waals surface area contributed by atoms with Crippen molar-refractivity contribution in [3.8, 4) is 0 Å². The van der Waals surface area contributed by atoms with Crippen LogP contribution in [0.4, 0.5) is 4.79 Å². The van der Waals surface area contributed by atoms with Gasteiger partial charge in [-0.2, -0.15) is 0 Å². The van der Waals surface area contributed by atoms with Crippen LogP contribution in [-0.2, 0) is 4.79 Å². The van der Waals surface area contributed by atoms with Crippen LogP contribution in [0.5, 0.6) is 0 Å². The molecular weight excluding hydrogens is 194 g/mol. The van der Waals surface area contributed by atoms with Gasteiger partial charge in [0.05, 0.1) is 0 Å². The fourth-order valence-electron chi connectivity index (χ4n) is 1.67. The van der Waals surface area contributed by atoms with Crippen molar-refractivity contribution in [1.29, 1.82) is 0 Å². The van der Waals surface area contributed by atoms with Crippen molar-refractivity contribution in [2.24, 2.45) is 0 Å². The summed E-state index contributed by atoms with van der Waals surface area (Å²) < 4.78 is 0. The molecule has 0 aromatic rings. The van der Waals surface area contributed by atoms with Gasteiger partial charge >= 0.3 is 6.03 Å². The Morgan fingerprint density at radius 1 is 1.47 bits per heavy atom. The van der Waals surface area contributed by atoms with Gasteiger partial charge in [-0.3, -0.25) is 4.79 Å². The lowest BCUT2D eigenvalue weighted by Gasteiger charge is -2.29. The highest BCUT2D eigenvalue weighted by molar-refractivity contribution is 5.84. The van der Waals surface area contributed by atoms with E-state index < -0.39 is 0 Å².